The lowest BCUT2D eigenvalue weighted by molar-refractivity contribution is 0.269. The average molecular weight is 218 g/mol. The molecule has 3 unspecified atom stereocenters. The first-order valence-electron chi connectivity index (χ1n) is 5.51. The van der Waals surface area contributed by atoms with Crippen molar-refractivity contribution >= 4 is 0 Å². The zero-order valence-electron chi connectivity index (χ0n) is 9.50. The maximum absolute atomic E-state index is 9.12. The normalized spacial score (nSPS) is 23.1. The van der Waals surface area contributed by atoms with Crippen LogP contribution < -0.4 is 5.73 Å². The SMILES string of the molecule is CC1C=CC=C(C(C#N)C(N)CCO)C=C1. The van der Waals surface area contributed by atoms with Gasteiger partial charge < -0.3 is 10.8 Å². The Kier molecular flexibility index (Phi) is 4.97. The monoisotopic (exact) mass is 218 g/mol. The largest absolute Gasteiger partial charge is 0.396 e. The molecule has 0 saturated carbocycles. The molecule has 0 fully saturated rings. The number of rotatable bonds is 4. The summed E-state index contributed by atoms with van der Waals surface area (Å²) in [5.74, 6) is 0.0282. The molecule has 0 aliphatic heterocycles. The van der Waals surface area contributed by atoms with E-state index in [4.69, 9.17) is 16.1 Å². The summed E-state index contributed by atoms with van der Waals surface area (Å²) in [5, 5.41) is 18.0. The van der Waals surface area contributed by atoms with Crippen LogP contribution in [0.5, 0.6) is 0 Å². The van der Waals surface area contributed by atoms with E-state index in [0.717, 1.165) is 5.57 Å². The third-order valence-electron chi connectivity index (χ3n) is 2.68. The molecule has 3 nitrogen and oxygen atoms in total. The van der Waals surface area contributed by atoms with Gasteiger partial charge in [0.2, 0.25) is 0 Å². The van der Waals surface area contributed by atoms with Crippen LogP contribution in [-0.2, 0) is 0 Å². The number of nitrogens with zero attached hydrogens (tertiary/aromatic N) is 1. The first kappa shape index (κ1) is 12.7. The lowest BCUT2D eigenvalue weighted by atomic mass is 9.90. The molecule has 0 spiro atoms. The number of hydrogen-bond donors (Lipinski definition) is 2. The van der Waals surface area contributed by atoms with E-state index in [1.54, 1.807) is 0 Å². The van der Waals surface area contributed by atoms with Crippen LogP contribution in [0, 0.1) is 23.2 Å². The summed E-state index contributed by atoms with van der Waals surface area (Å²) in [7, 11) is 0. The fraction of sp³-hybridized carbons (Fsp3) is 0.462. The zero-order chi connectivity index (χ0) is 12.0. The molecule has 0 aromatic heterocycles. The van der Waals surface area contributed by atoms with Crippen molar-refractivity contribution in [2.24, 2.45) is 17.6 Å². The summed E-state index contributed by atoms with van der Waals surface area (Å²) in [6, 6.07) is 1.90. The highest BCUT2D eigenvalue weighted by molar-refractivity contribution is 5.34. The molecule has 1 aliphatic rings. The third-order valence-corrected chi connectivity index (χ3v) is 2.68. The highest BCUT2D eigenvalue weighted by Crippen LogP contribution is 2.20. The predicted octanol–water partition coefficient (Wildman–Crippen LogP) is 1.52. The Balaban J connectivity index is 2.82. The third kappa shape index (κ3) is 3.34. The number of nitriles is 1. The quantitative estimate of drug-likeness (QED) is 0.751. The minimum Gasteiger partial charge on any atom is -0.396 e. The summed E-state index contributed by atoms with van der Waals surface area (Å²) < 4.78 is 0. The maximum Gasteiger partial charge on any atom is 0.0864 e. The van der Waals surface area contributed by atoms with E-state index in [0.29, 0.717) is 12.3 Å². The van der Waals surface area contributed by atoms with Crippen molar-refractivity contribution in [2.75, 3.05) is 6.61 Å². The summed E-state index contributed by atoms with van der Waals surface area (Å²) in [6.07, 6.45) is 10.4. The second-order valence-corrected chi connectivity index (χ2v) is 4.05. The minimum atomic E-state index is -0.349. The van der Waals surface area contributed by atoms with Gasteiger partial charge in [-0.15, -0.1) is 0 Å². The van der Waals surface area contributed by atoms with Gasteiger partial charge >= 0.3 is 0 Å². The number of hydrogen-bond acceptors (Lipinski definition) is 3. The number of nitrogens with two attached hydrogens (primary N) is 1. The number of aliphatic hydroxyl groups is 1. The van der Waals surface area contributed by atoms with E-state index in [9.17, 15) is 0 Å². The van der Waals surface area contributed by atoms with Crippen molar-refractivity contribution in [1.29, 1.82) is 5.26 Å². The molecule has 0 aromatic carbocycles. The molecular formula is C13H18N2O. The van der Waals surface area contributed by atoms with Crippen molar-refractivity contribution in [1.82, 2.24) is 0 Å². The van der Waals surface area contributed by atoms with Gasteiger partial charge in [0.1, 0.15) is 0 Å². The van der Waals surface area contributed by atoms with Crippen LogP contribution >= 0.6 is 0 Å². The molecule has 0 saturated heterocycles. The van der Waals surface area contributed by atoms with Gasteiger partial charge in [0, 0.05) is 12.6 Å². The van der Waals surface area contributed by atoms with Crippen LogP contribution in [0.25, 0.3) is 0 Å². The summed E-state index contributed by atoms with van der Waals surface area (Å²) >= 11 is 0. The number of allylic oxidation sites excluding steroid dienone is 5. The molecule has 3 atom stereocenters. The highest BCUT2D eigenvalue weighted by Gasteiger charge is 2.20. The molecule has 1 aliphatic carbocycles. The van der Waals surface area contributed by atoms with Gasteiger partial charge in [0.15, 0.2) is 0 Å². The van der Waals surface area contributed by atoms with Crippen molar-refractivity contribution in [2.45, 2.75) is 19.4 Å². The average Bonchev–Trinajstić information content (AvgIpc) is 2.46. The van der Waals surface area contributed by atoms with Crippen LogP contribution in [-0.4, -0.2) is 17.8 Å². The van der Waals surface area contributed by atoms with Crippen LogP contribution in [0.1, 0.15) is 13.3 Å². The smallest absolute Gasteiger partial charge is 0.0864 e. The Morgan fingerprint density at radius 2 is 2.31 bits per heavy atom. The van der Waals surface area contributed by atoms with Gasteiger partial charge in [0.25, 0.3) is 0 Å². The van der Waals surface area contributed by atoms with Crippen LogP contribution in [0.15, 0.2) is 36.0 Å². The summed E-state index contributed by atoms with van der Waals surface area (Å²) in [4.78, 5) is 0. The van der Waals surface area contributed by atoms with Crippen LogP contribution in [0.4, 0.5) is 0 Å². The van der Waals surface area contributed by atoms with Crippen molar-refractivity contribution in [3.63, 3.8) is 0 Å². The Labute approximate surface area is 96.6 Å². The zero-order valence-corrected chi connectivity index (χ0v) is 9.50. The Morgan fingerprint density at radius 3 is 2.94 bits per heavy atom. The maximum atomic E-state index is 9.12. The molecule has 0 bridgehead atoms. The lowest BCUT2D eigenvalue weighted by Crippen LogP contribution is -2.31. The molecule has 3 N–H and O–H groups in total. The summed E-state index contributed by atoms with van der Waals surface area (Å²) in [5.41, 5.74) is 6.79. The number of aliphatic hydroxyl groups excluding tert-OH is 1. The van der Waals surface area contributed by atoms with Gasteiger partial charge in [-0.1, -0.05) is 37.3 Å². The standard InChI is InChI=1S/C13H18N2O/c1-10-3-2-4-11(6-5-10)12(9-14)13(15)7-8-16/h2-6,10,12-13,16H,7-8,15H2,1H3. The van der Waals surface area contributed by atoms with Crippen LogP contribution in [0.3, 0.4) is 0 Å². The molecule has 0 heterocycles. The van der Waals surface area contributed by atoms with E-state index < -0.39 is 0 Å². The predicted molar refractivity (Wildman–Crippen MR) is 64.3 cm³/mol. The van der Waals surface area contributed by atoms with Gasteiger partial charge in [-0.25, -0.2) is 0 Å². The minimum absolute atomic E-state index is 0.0165. The molecule has 86 valence electrons. The Hall–Kier alpha value is -1.37. The fourth-order valence-electron chi connectivity index (χ4n) is 1.67. The lowest BCUT2D eigenvalue weighted by Gasteiger charge is -2.17. The molecule has 0 amide bonds. The van der Waals surface area contributed by atoms with Gasteiger partial charge in [0.05, 0.1) is 12.0 Å². The highest BCUT2D eigenvalue weighted by atomic mass is 16.3. The Bertz CT molecular complexity index is 349. The molecule has 16 heavy (non-hydrogen) atoms. The van der Waals surface area contributed by atoms with E-state index >= 15 is 0 Å². The van der Waals surface area contributed by atoms with Gasteiger partial charge in [-0.3, -0.25) is 0 Å². The molecule has 0 radical (unpaired) electrons. The molecule has 3 heteroatoms. The first-order chi connectivity index (χ1) is 7.69. The molecule has 1 rings (SSSR count). The molecule has 0 aromatic rings. The van der Waals surface area contributed by atoms with Crippen molar-refractivity contribution in [3.05, 3.63) is 36.0 Å². The Morgan fingerprint density at radius 1 is 1.56 bits per heavy atom. The van der Waals surface area contributed by atoms with E-state index in [1.807, 2.05) is 24.3 Å². The van der Waals surface area contributed by atoms with Crippen molar-refractivity contribution in [3.8, 4) is 6.07 Å². The summed E-state index contributed by atoms with van der Waals surface area (Å²) in [6.45, 7) is 2.10. The second-order valence-electron chi connectivity index (χ2n) is 4.05. The van der Waals surface area contributed by atoms with E-state index in [2.05, 4.69) is 19.1 Å². The van der Waals surface area contributed by atoms with Gasteiger partial charge in [-0.05, 0) is 17.9 Å². The fourth-order valence-corrected chi connectivity index (χ4v) is 1.67. The molecular weight excluding hydrogens is 200 g/mol. The topological polar surface area (TPSA) is 70.0 Å². The van der Waals surface area contributed by atoms with Crippen LogP contribution in [0.2, 0.25) is 0 Å². The van der Waals surface area contributed by atoms with Crippen molar-refractivity contribution < 1.29 is 5.11 Å². The second kappa shape index (κ2) is 6.26. The first-order valence-corrected chi connectivity index (χ1v) is 5.51. The van der Waals surface area contributed by atoms with E-state index in [-0.39, 0.29) is 18.6 Å². The van der Waals surface area contributed by atoms with Gasteiger partial charge in [-0.2, -0.15) is 5.26 Å². The van der Waals surface area contributed by atoms with E-state index in [1.165, 1.54) is 0 Å².